The average molecular weight is 337 g/mol. The highest BCUT2D eigenvalue weighted by molar-refractivity contribution is 7.09. The number of aryl methyl sites for hydroxylation is 1. The molecule has 1 aromatic heterocycles. The van der Waals surface area contributed by atoms with Crippen molar-refractivity contribution in [1.29, 1.82) is 0 Å². The fraction of sp³-hybridized carbons (Fsp3) is 0.833. The van der Waals surface area contributed by atoms with Crippen molar-refractivity contribution in [2.45, 2.75) is 63.7 Å². The van der Waals surface area contributed by atoms with Gasteiger partial charge in [-0.1, -0.05) is 12.8 Å². The van der Waals surface area contributed by atoms with Gasteiger partial charge in [-0.2, -0.15) is 0 Å². The van der Waals surface area contributed by atoms with E-state index < -0.39 is 0 Å². The molecule has 0 aromatic carbocycles. The Morgan fingerprint density at radius 1 is 1.35 bits per heavy atom. The van der Waals surface area contributed by atoms with Crippen molar-refractivity contribution >= 4 is 11.3 Å². The van der Waals surface area contributed by atoms with Crippen molar-refractivity contribution < 1.29 is 9.47 Å². The zero-order valence-corrected chi connectivity index (χ0v) is 14.9. The molecule has 4 rings (SSSR count). The highest BCUT2D eigenvalue weighted by atomic mass is 32.1. The third-order valence-electron chi connectivity index (χ3n) is 5.54. The Hall–Kier alpha value is -0.490. The van der Waals surface area contributed by atoms with Crippen LogP contribution in [0.25, 0.3) is 0 Å². The van der Waals surface area contributed by atoms with Gasteiger partial charge in [0.05, 0.1) is 18.2 Å². The maximum absolute atomic E-state index is 6.25. The summed E-state index contributed by atoms with van der Waals surface area (Å²) in [5.74, 6) is 0.819. The SMILES string of the molecule is Cc1csc(CN2CC3(CC(OCC4CCCC4)CCO3)C2)n1. The van der Waals surface area contributed by atoms with Crippen LogP contribution in [0.1, 0.15) is 49.2 Å². The summed E-state index contributed by atoms with van der Waals surface area (Å²) in [6.07, 6.45) is 8.10. The van der Waals surface area contributed by atoms with E-state index in [1.165, 1.54) is 30.7 Å². The molecule has 128 valence electrons. The molecular formula is C18H28N2O2S. The minimum Gasteiger partial charge on any atom is -0.378 e. The average Bonchev–Trinajstić information content (AvgIpc) is 3.16. The largest absolute Gasteiger partial charge is 0.378 e. The molecule has 1 atom stereocenters. The van der Waals surface area contributed by atoms with Gasteiger partial charge in [0.1, 0.15) is 5.01 Å². The monoisotopic (exact) mass is 336 g/mol. The van der Waals surface area contributed by atoms with Crippen LogP contribution in [-0.4, -0.2) is 47.9 Å². The first kappa shape index (κ1) is 16.0. The first-order valence-electron chi connectivity index (χ1n) is 9.10. The van der Waals surface area contributed by atoms with Crippen LogP contribution in [0.3, 0.4) is 0 Å². The maximum atomic E-state index is 6.25. The van der Waals surface area contributed by atoms with Gasteiger partial charge in [0.25, 0.3) is 0 Å². The van der Waals surface area contributed by atoms with E-state index >= 15 is 0 Å². The van der Waals surface area contributed by atoms with Crippen molar-refractivity contribution in [3.63, 3.8) is 0 Å². The molecule has 4 nitrogen and oxygen atoms in total. The summed E-state index contributed by atoms with van der Waals surface area (Å²) in [6.45, 7) is 6.94. The molecule has 1 unspecified atom stereocenters. The third-order valence-corrected chi connectivity index (χ3v) is 6.49. The minimum absolute atomic E-state index is 0.0604. The summed E-state index contributed by atoms with van der Waals surface area (Å²) < 4.78 is 12.4. The lowest BCUT2D eigenvalue weighted by molar-refractivity contribution is -0.200. The highest BCUT2D eigenvalue weighted by Gasteiger charge is 2.47. The molecule has 0 amide bonds. The minimum atomic E-state index is 0.0604. The summed E-state index contributed by atoms with van der Waals surface area (Å²) in [4.78, 5) is 7.02. The molecule has 3 fully saturated rings. The molecule has 2 aliphatic heterocycles. The van der Waals surface area contributed by atoms with Gasteiger partial charge in [-0.3, -0.25) is 4.90 Å². The van der Waals surface area contributed by atoms with Crippen LogP contribution in [0.4, 0.5) is 0 Å². The Morgan fingerprint density at radius 2 is 2.17 bits per heavy atom. The Balaban J connectivity index is 1.23. The number of ether oxygens (including phenoxy) is 2. The van der Waals surface area contributed by atoms with Crippen LogP contribution in [0.15, 0.2) is 5.38 Å². The Bertz CT molecular complexity index is 521. The Morgan fingerprint density at radius 3 is 2.91 bits per heavy atom. The molecule has 3 heterocycles. The zero-order chi connectivity index (χ0) is 15.7. The van der Waals surface area contributed by atoms with Crippen LogP contribution in [-0.2, 0) is 16.0 Å². The van der Waals surface area contributed by atoms with Crippen LogP contribution >= 0.6 is 11.3 Å². The number of likely N-dealkylation sites (tertiary alicyclic amines) is 1. The highest BCUT2D eigenvalue weighted by Crippen LogP contribution is 2.37. The van der Waals surface area contributed by atoms with E-state index in [4.69, 9.17) is 9.47 Å². The predicted molar refractivity (Wildman–Crippen MR) is 91.7 cm³/mol. The molecule has 2 saturated heterocycles. The third kappa shape index (κ3) is 3.78. The van der Waals surface area contributed by atoms with Crippen LogP contribution in [0.5, 0.6) is 0 Å². The van der Waals surface area contributed by atoms with Crippen molar-refractivity contribution in [1.82, 2.24) is 9.88 Å². The summed E-state index contributed by atoms with van der Waals surface area (Å²) in [7, 11) is 0. The van der Waals surface area contributed by atoms with E-state index in [0.29, 0.717) is 6.10 Å². The van der Waals surface area contributed by atoms with Gasteiger partial charge in [-0.15, -0.1) is 11.3 Å². The number of hydrogen-bond donors (Lipinski definition) is 0. The van der Waals surface area contributed by atoms with Gasteiger partial charge in [0.15, 0.2) is 0 Å². The van der Waals surface area contributed by atoms with Gasteiger partial charge in [0.2, 0.25) is 0 Å². The lowest BCUT2D eigenvalue weighted by Gasteiger charge is -2.53. The van der Waals surface area contributed by atoms with Crippen LogP contribution in [0.2, 0.25) is 0 Å². The second-order valence-corrected chi connectivity index (χ2v) is 8.60. The van der Waals surface area contributed by atoms with E-state index in [1.54, 1.807) is 11.3 Å². The van der Waals surface area contributed by atoms with E-state index in [0.717, 1.165) is 57.3 Å². The molecule has 5 heteroatoms. The van der Waals surface area contributed by atoms with Gasteiger partial charge < -0.3 is 9.47 Å². The van der Waals surface area contributed by atoms with Gasteiger partial charge in [0, 0.05) is 43.8 Å². The topological polar surface area (TPSA) is 34.6 Å². The van der Waals surface area contributed by atoms with E-state index in [-0.39, 0.29) is 5.60 Å². The lowest BCUT2D eigenvalue weighted by Crippen LogP contribution is -2.65. The number of aromatic nitrogens is 1. The van der Waals surface area contributed by atoms with Crippen molar-refractivity contribution in [3.05, 3.63) is 16.1 Å². The molecule has 1 saturated carbocycles. The summed E-state index contributed by atoms with van der Waals surface area (Å²) in [6, 6.07) is 0. The number of hydrogen-bond acceptors (Lipinski definition) is 5. The second kappa shape index (κ2) is 6.79. The summed E-state index contributed by atoms with van der Waals surface area (Å²) >= 11 is 1.77. The summed E-state index contributed by atoms with van der Waals surface area (Å²) in [5.41, 5.74) is 1.19. The second-order valence-electron chi connectivity index (χ2n) is 7.66. The van der Waals surface area contributed by atoms with E-state index in [1.807, 2.05) is 0 Å². The van der Waals surface area contributed by atoms with E-state index in [2.05, 4.69) is 22.2 Å². The van der Waals surface area contributed by atoms with E-state index in [9.17, 15) is 0 Å². The summed E-state index contributed by atoms with van der Waals surface area (Å²) in [5, 5.41) is 3.36. The molecule has 3 aliphatic rings. The first-order chi connectivity index (χ1) is 11.2. The molecule has 1 aromatic rings. The number of thiazole rings is 1. The van der Waals surface area contributed by atoms with Gasteiger partial charge in [-0.25, -0.2) is 4.98 Å². The first-order valence-corrected chi connectivity index (χ1v) is 9.98. The lowest BCUT2D eigenvalue weighted by atomic mass is 9.84. The Labute approximate surface area is 143 Å². The molecular weight excluding hydrogens is 308 g/mol. The van der Waals surface area contributed by atoms with Crippen molar-refractivity contribution in [2.24, 2.45) is 5.92 Å². The van der Waals surface area contributed by atoms with Crippen LogP contribution in [0, 0.1) is 12.8 Å². The number of nitrogens with zero attached hydrogens (tertiary/aromatic N) is 2. The molecule has 0 N–H and O–H groups in total. The fourth-order valence-electron chi connectivity index (χ4n) is 4.34. The molecule has 0 bridgehead atoms. The van der Waals surface area contributed by atoms with Crippen molar-refractivity contribution in [3.8, 4) is 0 Å². The van der Waals surface area contributed by atoms with Gasteiger partial charge in [-0.05, 0) is 32.1 Å². The predicted octanol–water partition coefficient (Wildman–Crippen LogP) is 3.39. The Kier molecular flexibility index (Phi) is 4.72. The molecule has 0 radical (unpaired) electrons. The molecule has 23 heavy (non-hydrogen) atoms. The van der Waals surface area contributed by atoms with Crippen LogP contribution < -0.4 is 0 Å². The van der Waals surface area contributed by atoms with Gasteiger partial charge >= 0.3 is 0 Å². The fourth-order valence-corrected chi connectivity index (χ4v) is 5.15. The maximum Gasteiger partial charge on any atom is 0.107 e. The standard InChI is InChI=1S/C18H28N2O2S/c1-14-11-23-17(19-14)9-20-12-18(13-20)8-16(6-7-22-18)21-10-15-4-2-3-5-15/h11,15-16H,2-10,12-13H2,1H3. The van der Waals surface area contributed by atoms with Crippen molar-refractivity contribution in [2.75, 3.05) is 26.3 Å². The number of rotatable bonds is 5. The molecule has 1 spiro atoms. The normalized spacial score (nSPS) is 28.3. The quantitative estimate of drug-likeness (QED) is 0.825. The molecule has 1 aliphatic carbocycles. The smallest absolute Gasteiger partial charge is 0.107 e. The zero-order valence-electron chi connectivity index (χ0n) is 14.1.